The van der Waals surface area contributed by atoms with Crippen molar-refractivity contribution in [1.82, 2.24) is 4.90 Å². The van der Waals surface area contributed by atoms with E-state index in [0.717, 1.165) is 13.1 Å². The zero-order valence-electron chi connectivity index (χ0n) is 7.63. The fourth-order valence-electron chi connectivity index (χ4n) is 0.585. The minimum absolute atomic E-state index is 0.536. The van der Waals surface area contributed by atoms with Crippen molar-refractivity contribution in [2.45, 2.75) is 6.92 Å². The first kappa shape index (κ1) is 11.2. The van der Waals surface area contributed by atoms with Crippen LogP contribution in [0.25, 0.3) is 0 Å². The average Bonchev–Trinajstić information content (AvgIpc) is 2.01. The summed E-state index contributed by atoms with van der Waals surface area (Å²) in [5, 5.41) is 0.536. The van der Waals surface area contributed by atoms with Gasteiger partial charge in [0.1, 0.15) is 0 Å². The molecular formula is C9H15ClN2. The summed E-state index contributed by atoms with van der Waals surface area (Å²) in [6.07, 6.45) is 5.50. The molecule has 0 spiro atoms. The van der Waals surface area contributed by atoms with Gasteiger partial charge >= 0.3 is 0 Å². The second-order valence-corrected chi connectivity index (χ2v) is 2.87. The molecule has 0 bridgehead atoms. The topological polar surface area (TPSA) is 15.6 Å². The zero-order valence-corrected chi connectivity index (χ0v) is 8.38. The molecular weight excluding hydrogens is 172 g/mol. The maximum absolute atomic E-state index is 5.54. The van der Waals surface area contributed by atoms with E-state index in [-0.39, 0.29) is 0 Å². The molecule has 0 fully saturated rings. The van der Waals surface area contributed by atoms with Crippen LogP contribution < -0.4 is 0 Å². The van der Waals surface area contributed by atoms with Crippen molar-refractivity contribution in [3.8, 4) is 0 Å². The molecule has 0 N–H and O–H groups in total. The lowest BCUT2D eigenvalue weighted by atomic mass is 10.5. The highest BCUT2D eigenvalue weighted by molar-refractivity contribution is 6.30. The van der Waals surface area contributed by atoms with Crippen LogP contribution in [-0.2, 0) is 0 Å². The Kier molecular flexibility index (Phi) is 6.48. The Morgan fingerprint density at radius 3 is 2.83 bits per heavy atom. The van der Waals surface area contributed by atoms with Crippen LogP contribution in [-0.4, -0.2) is 31.3 Å². The standard InChI is InChI=1S/C9H15ClN2/c1-4-11-6-8-12(3)7-5-9(2)10/h5-7H,2,4,8H2,1,3H3/b7-5-,11-6?. The van der Waals surface area contributed by atoms with Gasteiger partial charge in [0, 0.05) is 31.0 Å². The number of nitrogens with zero attached hydrogens (tertiary/aromatic N) is 2. The van der Waals surface area contributed by atoms with Crippen LogP contribution >= 0.6 is 11.6 Å². The first-order valence-electron chi connectivity index (χ1n) is 3.88. The van der Waals surface area contributed by atoms with E-state index in [4.69, 9.17) is 11.6 Å². The summed E-state index contributed by atoms with van der Waals surface area (Å²) in [6.45, 7) is 7.18. The summed E-state index contributed by atoms with van der Waals surface area (Å²) in [5.41, 5.74) is 0. The third kappa shape index (κ3) is 7.35. The van der Waals surface area contributed by atoms with E-state index in [1.165, 1.54) is 0 Å². The smallest absolute Gasteiger partial charge is 0.0519 e. The molecule has 3 heteroatoms. The lowest BCUT2D eigenvalue weighted by Gasteiger charge is -2.09. The Bertz CT molecular complexity index is 185. The number of allylic oxidation sites excluding steroid dienone is 2. The van der Waals surface area contributed by atoms with Crippen molar-refractivity contribution >= 4 is 17.8 Å². The van der Waals surface area contributed by atoms with Gasteiger partial charge in [-0.2, -0.15) is 0 Å². The van der Waals surface area contributed by atoms with Crippen LogP contribution in [0.3, 0.4) is 0 Å². The SMILES string of the molecule is C=C(Cl)/C=C\N(C)CC=NCC. The molecule has 0 saturated carbocycles. The summed E-state index contributed by atoms with van der Waals surface area (Å²) in [7, 11) is 1.96. The Balaban J connectivity index is 3.66. The van der Waals surface area contributed by atoms with Gasteiger partial charge in [-0.05, 0) is 13.0 Å². The van der Waals surface area contributed by atoms with E-state index >= 15 is 0 Å². The lowest BCUT2D eigenvalue weighted by molar-refractivity contribution is 0.528. The summed E-state index contributed by atoms with van der Waals surface area (Å²) in [5.74, 6) is 0. The second-order valence-electron chi connectivity index (χ2n) is 2.38. The van der Waals surface area contributed by atoms with Crippen molar-refractivity contribution in [1.29, 1.82) is 0 Å². The summed E-state index contributed by atoms with van der Waals surface area (Å²) >= 11 is 5.54. The molecule has 0 heterocycles. The molecule has 0 atom stereocenters. The molecule has 0 aliphatic carbocycles. The predicted octanol–water partition coefficient (Wildman–Crippen LogP) is 2.28. The number of rotatable bonds is 5. The molecule has 0 saturated heterocycles. The van der Waals surface area contributed by atoms with E-state index in [1.54, 1.807) is 6.08 Å². The highest BCUT2D eigenvalue weighted by Gasteiger charge is 1.85. The molecule has 0 amide bonds. The summed E-state index contributed by atoms with van der Waals surface area (Å²) in [4.78, 5) is 6.06. The molecule has 0 aliphatic heterocycles. The van der Waals surface area contributed by atoms with E-state index in [0.29, 0.717) is 5.03 Å². The number of aliphatic imine (C=N–C) groups is 1. The summed E-state index contributed by atoms with van der Waals surface area (Å²) in [6, 6.07) is 0. The number of halogens is 1. The Morgan fingerprint density at radius 1 is 1.67 bits per heavy atom. The van der Waals surface area contributed by atoms with Gasteiger partial charge in [-0.1, -0.05) is 18.2 Å². The third-order valence-corrected chi connectivity index (χ3v) is 1.32. The van der Waals surface area contributed by atoms with Crippen molar-refractivity contribution < 1.29 is 0 Å². The number of hydrogen-bond acceptors (Lipinski definition) is 2. The van der Waals surface area contributed by atoms with E-state index < -0.39 is 0 Å². The van der Waals surface area contributed by atoms with E-state index in [2.05, 4.69) is 11.6 Å². The maximum atomic E-state index is 5.54. The van der Waals surface area contributed by atoms with Crippen molar-refractivity contribution in [2.75, 3.05) is 20.1 Å². The first-order valence-corrected chi connectivity index (χ1v) is 4.25. The van der Waals surface area contributed by atoms with Crippen LogP contribution in [0.2, 0.25) is 0 Å². The normalized spacial score (nSPS) is 11.2. The predicted molar refractivity (Wildman–Crippen MR) is 55.8 cm³/mol. The fourth-order valence-corrected chi connectivity index (χ4v) is 0.641. The Morgan fingerprint density at radius 2 is 2.33 bits per heavy atom. The molecule has 0 unspecified atom stereocenters. The molecule has 12 heavy (non-hydrogen) atoms. The lowest BCUT2D eigenvalue weighted by Crippen LogP contribution is -2.13. The minimum Gasteiger partial charge on any atom is -0.375 e. The first-order chi connectivity index (χ1) is 5.66. The van der Waals surface area contributed by atoms with Crippen LogP contribution in [0.4, 0.5) is 0 Å². The Labute approximate surface area is 79.2 Å². The van der Waals surface area contributed by atoms with Crippen molar-refractivity contribution in [3.05, 3.63) is 23.9 Å². The zero-order chi connectivity index (χ0) is 9.40. The molecule has 0 rings (SSSR count). The van der Waals surface area contributed by atoms with Crippen LogP contribution in [0.1, 0.15) is 6.92 Å². The maximum Gasteiger partial charge on any atom is 0.0519 e. The monoisotopic (exact) mass is 186 g/mol. The van der Waals surface area contributed by atoms with Crippen LogP contribution in [0.5, 0.6) is 0 Å². The van der Waals surface area contributed by atoms with Gasteiger partial charge in [-0.15, -0.1) is 0 Å². The molecule has 0 radical (unpaired) electrons. The molecule has 0 aromatic rings. The minimum atomic E-state index is 0.536. The van der Waals surface area contributed by atoms with Crippen LogP contribution in [0.15, 0.2) is 28.9 Å². The fraction of sp³-hybridized carbons (Fsp3) is 0.444. The van der Waals surface area contributed by atoms with Gasteiger partial charge in [-0.3, -0.25) is 4.99 Å². The van der Waals surface area contributed by atoms with Gasteiger partial charge in [0.05, 0.1) is 6.54 Å². The van der Waals surface area contributed by atoms with Gasteiger partial charge in [-0.25, -0.2) is 0 Å². The molecule has 0 aliphatic rings. The van der Waals surface area contributed by atoms with Crippen LogP contribution in [0, 0.1) is 0 Å². The largest absolute Gasteiger partial charge is 0.375 e. The van der Waals surface area contributed by atoms with Crippen molar-refractivity contribution in [3.63, 3.8) is 0 Å². The Hall–Kier alpha value is -0.760. The quantitative estimate of drug-likeness (QED) is 0.475. The average molecular weight is 187 g/mol. The van der Waals surface area contributed by atoms with Gasteiger partial charge in [0.15, 0.2) is 0 Å². The van der Waals surface area contributed by atoms with E-state index in [1.807, 2.05) is 31.3 Å². The summed E-state index contributed by atoms with van der Waals surface area (Å²) < 4.78 is 0. The van der Waals surface area contributed by atoms with Gasteiger partial charge < -0.3 is 4.90 Å². The third-order valence-electron chi connectivity index (χ3n) is 1.19. The van der Waals surface area contributed by atoms with E-state index in [9.17, 15) is 0 Å². The highest BCUT2D eigenvalue weighted by atomic mass is 35.5. The van der Waals surface area contributed by atoms with Gasteiger partial charge in [0.2, 0.25) is 0 Å². The van der Waals surface area contributed by atoms with Gasteiger partial charge in [0.25, 0.3) is 0 Å². The molecule has 0 aromatic heterocycles. The second kappa shape index (κ2) is 6.92. The molecule has 2 nitrogen and oxygen atoms in total. The van der Waals surface area contributed by atoms with Crippen molar-refractivity contribution in [2.24, 2.45) is 4.99 Å². The molecule has 0 aromatic carbocycles. The number of hydrogen-bond donors (Lipinski definition) is 0. The highest BCUT2D eigenvalue weighted by Crippen LogP contribution is 1.98. The molecule has 68 valence electrons.